The van der Waals surface area contributed by atoms with Gasteiger partial charge in [-0.15, -0.1) is 11.8 Å². The fourth-order valence-corrected chi connectivity index (χ4v) is 2.89. The van der Waals surface area contributed by atoms with Crippen molar-refractivity contribution in [3.8, 4) is 11.4 Å². The Labute approximate surface area is 140 Å². The van der Waals surface area contributed by atoms with E-state index in [-0.39, 0.29) is 5.75 Å². The summed E-state index contributed by atoms with van der Waals surface area (Å²) in [6, 6.07) is 6.63. The molecule has 0 N–H and O–H groups in total. The molecule has 0 spiro atoms. The van der Waals surface area contributed by atoms with Crippen LogP contribution in [0.4, 0.5) is 8.78 Å². The van der Waals surface area contributed by atoms with Gasteiger partial charge >= 0.3 is 6.61 Å². The maximum absolute atomic E-state index is 12.7. The zero-order valence-corrected chi connectivity index (χ0v) is 13.8. The summed E-state index contributed by atoms with van der Waals surface area (Å²) in [6.45, 7) is -1.09. The summed E-state index contributed by atoms with van der Waals surface area (Å²) in [5.74, 6) is 0.0511. The normalized spacial score (nSPS) is 11.4. The minimum atomic E-state index is -2.91. The van der Waals surface area contributed by atoms with Gasteiger partial charge < -0.3 is 4.74 Å². The lowest BCUT2D eigenvalue weighted by Gasteiger charge is -2.13. The summed E-state index contributed by atoms with van der Waals surface area (Å²) in [7, 11) is 0. The van der Waals surface area contributed by atoms with Gasteiger partial charge in [-0.2, -0.15) is 13.9 Å². The lowest BCUT2D eigenvalue weighted by molar-refractivity contribution is -0.0499. The highest BCUT2D eigenvalue weighted by Crippen LogP contribution is 2.32. The van der Waals surface area contributed by atoms with Crippen LogP contribution in [-0.4, -0.2) is 27.6 Å². The molecule has 2 aromatic heterocycles. The first-order chi connectivity index (χ1) is 11.0. The van der Waals surface area contributed by atoms with E-state index in [1.807, 2.05) is 13.2 Å². The van der Waals surface area contributed by atoms with Crippen molar-refractivity contribution in [2.75, 3.05) is 6.26 Å². The van der Waals surface area contributed by atoms with E-state index in [4.69, 9.17) is 11.6 Å². The molecular weight excluding hydrogens is 344 g/mol. The van der Waals surface area contributed by atoms with Crippen LogP contribution in [0.5, 0.6) is 5.75 Å². The molecule has 4 nitrogen and oxygen atoms in total. The van der Waals surface area contributed by atoms with Gasteiger partial charge in [0.1, 0.15) is 10.8 Å². The van der Waals surface area contributed by atoms with E-state index in [0.29, 0.717) is 16.4 Å². The molecule has 0 unspecified atom stereocenters. The van der Waals surface area contributed by atoms with Crippen LogP contribution in [0.15, 0.2) is 35.4 Å². The number of ether oxygens (including phenoxy) is 1. The van der Waals surface area contributed by atoms with Gasteiger partial charge in [0, 0.05) is 22.5 Å². The molecule has 0 aliphatic rings. The molecule has 3 rings (SSSR count). The quantitative estimate of drug-likeness (QED) is 0.502. The summed E-state index contributed by atoms with van der Waals surface area (Å²) in [6.07, 6.45) is 3.52. The summed E-state index contributed by atoms with van der Waals surface area (Å²) < 4.78 is 31.6. The number of halogens is 3. The lowest BCUT2D eigenvalue weighted by atomic mass is 10.2. The number of hydrogen-bond acceptors (Lipinski definition) is 4. The van der Waals surface area contributed by atoms with E-state index in [9.17, 15) is 8.78 Å². The van der Waals surface area contributed by atoms with Gasteiger partial charge in [-0.25, -0.2) is 9.67 Å². The number of aromatic nitrogens is 3. The Balaban J connectivity index is 2.26. The number of benzene rings is 1. The number of hydrogen-bond donors (Lipinski definition) is 0. The number of rotatable bonds is 4. The van der Waals surface area contributed by atoms with Gasteiger partial charge in [0.15, 0.2) is 5.75 Å². The molecule has 3 aromatic rings. The van der Waals surface area contributed by atoms with Crippen molar-refractivity contribution in [3.05, 3.63) is 41.3 Å². The summed E-state index contributed by atoms with van der Waals surface area (Å²) in [5, 5.41) is 5.53. The highest BCUT2D eigenvalue weighted by Gasteiger charge is 2.17. The summed E-state index contributed by atoms with van der Waals surface area (Å²) >= 11 is 7.46. The molecule has 0 atom stereocenters. The van der Waals surface area contributed by atoms with Gasteiger partial charge in [-0.1, -0.05) is 11.6 Å². The SMILES string of the molecule is CSc1ccc(OC(F)F)c(-n2nc(C)c3cnc(Cl)cc32)c1. The molecule has 0 radical (unpaired) electrons. The van der Waals surface area contributed by atoms with Crippen molar-refractivity contribution in [2.24, 2.45) is 0 Å². The lowest BCUT2D eigenvalue weighted by Crippen LogP contribution is -2.07. The molecule has 1 aromatic carbocycles. The predicted octanol–water partition coefficient (Wildman–Crippen LogP) is 4.71. The van der Waals surface area contributed by atoms with Gasteiger partial charge in [0.25, 0.3) is 0 Å². The largest absolute Gasteiger partial charge is 0.433 e. The highest BCUT2D eigenvalue weighted by atomic mass is 35.5. The summed E-state index contributed by atoms with van der Waals surface area (Å²) in [5.41, 5.74) is 1.83. The molecular formula is C15H12ClF2N3OS. The Morgan fingerprint density at radius 3 is 2.78 bits per heavy atom. The van der Waals surface area contributed by atoms with Crippen LogP contribution in [0.3, 0.4) is 0 Å². The first-order valence-corrected chi connectivity index (χ1v) is 8.24. The van der Waals surface area contributed by atoms with Gasteiger partial charge in [0.2, 0.25) is 0 Å². The predicted molar refractivity (Wildman–Crippen MR) is 87.0 cm³/mol. The Hall–Kier alpha value is -1.86. The fraction of sp³-hybridized carbons (Fsp3) is 0.200. The third kappa shape index (κ3) is 3.11. The molecule has 120 valence electrons. The highest BCUT2D eigenvalue weighted by molar-refractivity contribution is 7.98. The third-order valence-corrected chi connectivity index (χ3v) is 4.26. The Bertz CT molecular complexity index is 869. The zero-order chi connectivity index (χ0) is 16.6. The van der Waals surface area contributed by atoms with Crippen molar-refractivity contribution < 1.29 is 13.5 Å². The van der Waals surface area contributed by atoms with Crippen molar-refractivity contribution in [3.63, 3.8) is 0 Å². The van der Waals surface area contributed by atoms with Crippen molar-refractivity contribution in [2.45, 2.75) is 18.4 Å². The topological polar surface area (TPSA) is 39.9 Å². The molecule has 0 saturated heterocycles. The number of nitrogens with zero attached hydrogens (tertiary/aromatic N) is 3. The molecule has 0 amide bonds. The van der Waals surface area contributed by atoms with Gasteiger partial charge in [-0.3, -0.25) is 0 Å². The number of alkyl halides is 2. The molecule has 0 fully saturated rings. The van der Waals surface area contributed by atoms with E-state index < -0.39 is 6.61 Å². The Morgan fingerprint density at radius 1 is 1.30 bits per heavy atom. The van der Waals surface area contributed by atoms with Gasteiger partial charge in [-0.05, 0) is 31.4 Å². The standard InChI is InChI=1S/C15H12ClF2N3OS/c1-8-10-7-19-14(16)6-11(10)21(20-8)12-5-9(23-2)3-4-13(12)22-15(17)18/h3-7,15H,1-2H3. The minimum absolute atomic E-state index is 0.0511. The maximum Gasteiger partial charge on any atom is 0.387 e. The van der Waals surface area contributed by atoms with E-state index >= 15 is 0 Å². The molecule has 0 aliphatic carbocycles. The van der Waals surface area contributed by atoms with Crippen LogP contribution in [0.25, 0.3) is 16.6 Å². The number of aryl methyl sites for hydroxylation is 1. The van der Waals surface area contributed by atoms with Crippen LogP contribution >= 0.6 is 23.4 Å². The van der Waals surface area contributed by atoms with Crippen molar-refractivity contribution in [1.29, 1.82) is 0 Å². The number of thioether (sulfide) groups is 1. The average molecular weight is 356 g/mol. The molecule has 0 bridgehead atoms. The Kier molecular flexibility index (Phi) is 4.41. The monoisotopic (exact) mass is 355 g/mol. The van der Waals surface area contributed by atoms with Crippen molar-refractivity contribution in [1.82, 2.24) is 14.8 Å². The molecule has 0 saturated carbocycles. The Morgan fingerprint density at radius 2 is 2.09 bits per heavy atom. The maximum atomic E-state index is 12.7. The summed E-state index contributed by atoms with van der Waals surface area (Å²) in [4.78, 5) is 4.94. The van der Waals surface area contributed by atoms with Crippen molar-refractivity contribution >= 4 is 34.3 Å². The van der Waals surface area contributed by atoms with Crippen LogP contribution in [0.2, 0.25) is 5.15 Å². The fourth-order valence-electron chi connectivity index (χ4n) is 2.30. The first-order valence-electron chi connectivity index (χ1n) is 6.63. The molecule has 0 aliphatic heterocycles. The zero-order valence-electron chi connectivity index (χ0n) is 12.3. The first kappa shape index (κ1) is 16.0. The average Bonchev–Trinajstić information content (AvgIpc) is 2.83. The van der Waals surface area contributed by atoms with Gasteiger partial charge in [0.05, 0.1) is 11.2 Å². The molecule has 2 heterocycles. The number of fused-ring (bicyclic) bond motifs is 1. The third-order valence-electron chi connectivity index (χ3n) is 3.33. The second-order valence-corrected chi connectivity index (χ2v) is 6.00. The van der Waals surface area contributed by atoms with E-state index in [0.717, 1.165) is 16.0 Å². The van der Waals surface area contributed by atoms with Crippen LogP contribution in [0, 0.1) is 6.92 Å². The molecule has 8 heteroatoms. The van der Waals surface area contributed by atoms with Crippen LogP contribution in [-0.2, 0) is 0 Å². The second kappa shape index (κ2) is 6.33. The number of pyridine rings is 1. The van der Waals surface area contributed by atoms with E-state index in [2.05, 4.69) is 14.8 Å². The minimum Gasteiger partial charge on any atom is -0.433 e. The molecule has 23 heavy (non-hydrogen) atoms. The van der Waals surface area contributed by atoms with E-state index in [1.165, 1.54) is 17.8 Å². The second-order valence-electron chi connectivity index (χ2n) is 4.73. The van der Waals surface area contributed by atoms with E-state index in [1.54, 1.807) is 29.1 Å². The smallest absolute Gasteiger partial charge is 0.387 e. The van der Waals surface area contributed by atoms with Crippen LogP contribution in [0.1, 0.15) is 5.69 Å². The van der Waals surface area contributed by atoms with Crippen LogP contribution < -0.4 is 4.74 Å².